The molecule has 3 rings (SSSR count). The summed E-state index contributed by atoms with van der Waals surface area (Å²) < 4.78 is 22.1. The largest absolute Gasteiger partial charge is 0.442 e. The van der Waals surface area contributed by atoms with E-state index in [1.807, 2.05) is 0 Å². The maximum absolute atomic E-state index is 10.9. The van der Waals surface area contributed by atoms with E-state index in [-0.39, 0.29) is 24.1 Å². The van der Waals surface area contributed by atoms with E-state index < -0.39 is 0 Å². The van der Waals surface area contributed by atoms with Crippen LogP contribution in [0.5, 0.6) is 0 Å². The quantitative estimate of drug-likeness (QED) is 0.810. The van der Waals surface area contributed by atoms with Crippen LogP contribution in [0, 0.1) is 0 Å². The van der Waals surface area contributed by atoms with Crippen LogP contribution in [0.15, 0.2) is 0 Å². The number of carbonyl (C=O) groups is 1. The molecule has 0 bridgehead atoms. The topological polar surface area (TPSA) is 66.0 Å². The highest BCUT2D eigenvalue weighted by Crippen LogP contribution is 2.36. The van der Waals surface area contributed by atoms with Crippen LogP contribution in [0.1, 0.15) is 25.7 Å². The zero-order valence-electron chi connectivity index (χ0n) is 10.4. The summed E-state index contributed by atoms with van der Waals surface area (Å²) >= 11 is 0. The van der Waals surface area contributed by atoms with Crippen molar-refractivity contribution in [2.45, 2.75) is 43.7 Å². The highest BCUT2D eigenvalue weighted by molar-refractivity contribution is 5.69. The molecule has 1 saturated carbocycles. The van der Waals surface area contributed by atoms with Crippen LogP contribution < -0.4 is 5.32 Å². The first kappa shape index (κ1) is 12.2. The number of alkyl carbamates (subject to hydrolysis) is 1. The molecule has 1 amide bonds. The van der Waals surface area contributed by atoms with Gasteiger partial charge < -0.3 is 24.3 Å². The van der Waals surface area contributed by atoms with Crippen molar-refractivity contribution in [2.24, 2.45) is 0 Å². The van der Waals surface area contributed by atoms with Crippen molar-refractivity contribution in [3.05, 3.63) is 0 Å². The van der Waals surface area contributed by atoms with Gasteiger partial charge in [-0.1, -0.05) is 0 Å². The van der Waals surface area contributed by atoms with Gasteiger partial charge in [-0.25, -0.2) is 4.79 Å². The minimum absolute atomic E-state index is 0.146. The van der Waals surface area contributed by atoms with Crippen LogP contribution in [-0.2, 0) is 18.9 Å². The minimum Gasteiger partial charge on any atom is -0.442 e. The van der Waals surface area contributed by atoms with Crippen LogP contribution >= 0.6 is 0 Å². The van der Waals surface area contributed by atoms with Crippen molar-refractivity contribution in [3.8, 4) is 0 Å². The van der Waals surface area contributed by atoms with Gasteiger partial charge >= 0.3 is 6.09 Å². The Morgan fingerprint density at radius 3 is 2.61 bits per heavy atom. The Labute approximate surface area is 106 Å². The van der Waals surface area contributed by atoms with Gasteiger partial charge in [0.1, 0.15) is 6.10 Å². The number of hydrogen-bond acceptors (Lipinski definition) is 5. The Kier molecular flexibility index (Phi) is 3.41. The van der Waals surface area contributed by atoms with Gasteiger partial charge in [0.2, 0.25) is 0 Å². The lowest BCUT2D eigenvalue weighted by Crippen LogP contribution is -2.38. The Morgan fingerprint density at radius 1 is 1.28 bits per heavy atom. The first-order valence-electron chi connectivity index (χ1n) is 6.60. The number of ether oxygens (including phenoxy) is 4. The van der Waals surface area contributed by atoms with Crippen LogP contribution in [0.2, 0.25) is 0 Å². The second kappa shape index (κ2) is 5.03. The second-order valence-electron chi connectivity index (χ2n) is 5.05. The molecular formula is C12H19NO5. The average Bonchev–Trinajstić information content (AvgIpc) is 2.99. The van der Waals surface area contributed by atoms with Crippen molar-refractivity contribution in [1.29, 1.82) is 0 Å². The predicted octanol–water partition coefficient (Wildman–Crippen LogP) is 0.797. The maximum atomic E-state index is 10.9. The van der Waals surface area contributed by atoms with Gasteiger partial charge in [0.05, 0.1) is 32.5 Å². The molecule has 0 aromatic heterocycles. The highest BCUT2D eigenvalue weighted by atomic mass is 16.7. The van der Waals surface area contributed by atoms with E-state index in [1.54, 1.807) is 0 Å². The molecule has 0 aromatic carbocycles. The molecule has 2 heterocycles. The van der Waals surface area contributed by atoms with Crippen molar-refractivity contribution >= 4 is 6.09 Å². The van der Waals surface area contributed by atoms with Crippen LogP contribution in [0.25, 0.3) is 0 Å². The highest BCUT2D eigenvalue weighted by Gasteiger charge is 2.40. The van der Waals surface area contributed by atoms with Gasteiger partial charge in [-0.15, -0.1) is 0 Å². The summed E-state index contributed by atoms with van der Waals surface area (Å²) in [4.78, 5) is 10.9. The molecule has 6 nitrogen and oxygen atoms in total. The van der Waals surface area contributed by atoms with Crippen LogP contribution in [-0.4, -0.2) is 50.5 Å². The third kappa shape index (κ3) is 2.60. The minimum atomic E-state index is -0.348. The number of hydrogen-bond donors (Lipinski definition) is 1. The van der Waals surface area contributed by atoms with Crippen molar-refractivity contribution in [1.82, 2.24) is 5.32 Å². The summed E-state index contributed by atoms with van der Waals surface area (Å²) in [5.74, 6) is -0.332. The van der Waals surface area contributed by atoms with Crippen LogP contribution in [0.4, 0.5) is 4.79 Å². The average molecular weight is 257 g/mol. The van der Waals surface area contributed by atoms with Crippen molar-refractivity contribution in [3.63, 3.8) is 0 Å². The lowest BCUT2D eigenvalue weighted by molar-refractivity contribution is -0.193. The number of cyclic esters (lactones) is 1. The lowest BCUT2D eigenvalue weighted by atomic mass is 9.92. The molecule has 3 fully saturated rings. The van der Waals surface area contributed by atoms with Gasteiger partial charge in [-0.3, -0.25) is 0 Å². The Balaban J connectivity index is 1.39. The van der Waals surface area contributed by atoms with E-state index in [2.05, 4.69) is 5.32 Å². The SMILES string of the molecule is O=C1NCC(COC2CCC3(CC2)OCCO3)O1. The Bertz CT molecular complexity index is 306. The molecule has 102 valence electrons. The third-order valence-electron chi connectivity index (χ3n) is 3.77. The summed E-state index contributed by atoms with van der Waals surface area (Å²) in [5, 5.41) is 2.62. The van der Waals surface area contributed by atoms with Gasteiger partial charge in [0.15, 0.2) is 5.79 Å². The van der Waals surface area contributed by atoms with E-state index in [4.69, 9.17) is 18.9 Å². The Hall–Kier alpha value is -0.850. The zero-order chi connectivity index (χ0) is 12.4. The molecule has 3 aliphatic rings. The monoisotopic (exact) mass is 257 g/mol. The van der Waals surface area contributed by atoms with E-state index in [9.17, 15) is 4.79 Å². The summed E-state index contributed by atoms with van der Waals surface area (Å²) in [6, 6.07) is 0. The summed E-state index contributed by atoms with van der Waals surface area (Å²) in [6.45, 7) is 2.42. The molecule has 2 saturated heterocycles. The summed E-state index contributed by atoms with van der Waals surface area (Å²) in [5.41, 5.74) is 0. The molecule has 0 radical (unpaired) electrons. The molecule has 0 aromatic rings. The molecule has 1 aliphatic carbocycles. The first-order chi connectivity index (χ1) is 8.76. The molecule has 1 unspecified atom stereocenters. The van der Waals surface area contributed by atoms with Crippen LogP contribution in [0.3, 0.4) is 0 Å². The van der Waals surface area contributed by atoms with E-state index >= 15 is 0 Å². The molecule has 18 heavy (non-hydrogen) atoms. The van der Waals surface area contributed by atoms with Gasteiger partial charge in [-0.2, -0.15) is 0 Å². The smallest absolute Gasteiger partial charge is 0.407 e. The fourth-order valence-electron chi connectivity index (χ4n) is 2.75. The number of amides is 1. The summed E-state index contributed by atoms with van der Waals surface area (Å²) in [7, 11) is 0. The van der Waals surface area contributed by atoms with E-state index in [0.29, 0.717) is 26.4 Å². The molecule has 6 heteroatoms. The first-order valence-corrected chi connectivity index (χ1v) is 6.60. The van der Waals surface area contributed by atoms with Crippen molar-refractivity contribution < 1.29 is 23.7 Å². The van der Waals surface area contributed by atoms with Gasteiger partial charge in [0, 0.05) is 12.8 Å². The van der Waals surface area contributed by atoms with Gasteiger partial charge in [-0.05, 0) is 12.8 Å². The summed E-state index contributed by atoms with van der Waals surface area (Å²) in [6.07, 6.45) is 3.39. The Morgan fingerprint density at radius 2 is 2.00 bits per heavy atom. The van der Waals surface area contributed by atoms with Gasteiger partial charge in [0.25, 0.3) is 0 Å². The predicted molar refractivity (Wildman–Crippen MR) is 61.1 cm³/mol. The normalized spacial score (nSPS) is 31.6. The number of carbonyl (C=O) groups excluding carboxylic acids is 1. The molecule has 2 aliphatic heterocycles. The molecule has 1 N–H and O–H groups in total. The lowest BCUT2D eigenvalue weighted by Gasteiger charge is -2.35. The zero-order valence-corrected chi connectivity index (χ0v) is 10.4. The standard InChI is InChI=1S/C12H19NO5/c14-11-13-7-10(18-11)8-15-9-1-3-12(4-2-9)16-5-6-17-12/h9-10H,1-8H2,(H,13,14). The second-order valence-corrected chi connectivity index (χ2v) is 5.05. The van der Waals surface area contributed by atoms with Crippen molar-refractivity contribution in [2.75, 3.05) is 26.4 Å². The van der Waals surface area contributed by atoms with E-state index in [1.165, 1.54) is 0 Å². The fourth-order valence-corrected chi connectivity index (χ4v) is 2.75. The molecule has 1 atom stereocenters. The fraction of sp³-hybridized carbons (Fsp3) is 0.917. The number of nitrogens with one attached hydrogen (secondary N) is 1. The van der Waals surface area contributed by atoms with E-state index in [0.717, 1.165) is 25.7 Å². The number of rotatable bonds is 3. The molecule has 1 spiro atoms. The maximum Gasteiger partial charge on any atom is 0.407 e. The molecular weight excluding hydrogens is 238 g/mol. The third-order valence-corrected chi connectivity index (χ3v) is 3.77.